The first-order valence-electron chi connectivity index (χ1n) is 3.14. The van der Waals surface area contributed by atoms with Crippen molar-refractivity contribution in [2.75, 3.05) is 6.61 Å². The summed E-state index contributed by atoms with van der Waals surface area (Å²) in [6.07, 6.45) is 10.3. The number of allylic oxidation sites excluding steroid dienone is 1. The van der Waals surface area contributed by atoms with Crippen LogP contribution in [0.3, 0.4) is 0 Å². The Morgan fingerprint density at radius 3 is 3.00 bits per heavy atom. The fourth-order valence-corrected chi connectivity index (χ4v) is 0.383. The molecule has 0 saturated heterocycles. The van der Waals surface area contributed by atoms with E-state index in [1.54, 1.807) is 12.3 Å². The van der Waals surface area contributed by atoms with Gasteiger partial charge in [0.25, 0.3) is 0 Å². The number of hydrogen-bond donors (Lipinski definition) is 0. The van der Waals surface area contributed by atoms with Gasteiger partial charge in [0.2, 0.25) is 0 Å². The van der Waals surface area contributed by atoms with Crippen LogP contribution in [0.25, 0.3) is 0 Å². The summed E-state index contributed by atoms with van der Waals surface area (Å²) in [5.74, 6) is 2.34. The van der Waals surface area contributed by atoms with Crippen molar-refractivity contribution in [3.05, 3.63) is 12.3 Å². The molecule has 0 aromatic carbocycles. The highest BCUT2D eigenvalue weighted by molar-refractivity contribution is 5.05. The number of rotatable bonds is 4. The molecule has 0 saturated carbocycles. The molecule has 9 heavy (non-hydrogen) atoms. The third kappa shape index (κ3) is 7.10. The molecule has 0 aliphatic rings. The van der Waals surface area contributed by atoms with Crippen LogP contribution in [0.4, 0.5) is 0 Å². The zero-order chi connectivity index (χ0) is 6.95. The minimum absolute atomic E-state index is 0.772. The second-order valence-corrected chi connectivity index (χ2v) is 1.69. The molecular weight excluding hydrogens is 112 g/mol. The van der Waals surface area contributed by atoms with Gasteiger partial charge in [-0.05, 0) is 6.42 Å². The van der Waals surface area contributed by atoms with Crippen molar-refractivity contribution in [1.82, 2.24) is 0 Å². The number of terminal acetylenes is 1. The topological polar surface area (TPSA) is 9.23 Å². The summed E-state index contributed by atoms with van der Waals surface area (Å²) < 4.78 is 4.99. The quantitative estimate of drug-likeness (QED) is 0.316. The van der Waals surface area contributed by atoms with Crippen LogP contribution in [0.15, 0.2) is 12.3 Å². The van der Waals surface area contributed by atoms with Crippen molar-refractivity contribution < 1.29 is 4.74 Å². The Morgan fingerprint density at radius 1 is 1.67 bits per heavy atom. The van der Waals surface area contributed by atoms with Crippen molar-refractivity contribution in [3.8, 4) is 12.3 Å². The van der Waals surface area contributed by atoms with Crippen molar-refractivity contribution in [1.29, 1.82) is 0 Å². The zero-order valence-corrected chi connectivity index (χ0v) is 5.76. The minimum Gasteiger partial charge on any atom is -0.501 e. The lowest BCUT2D eigenvalue weighted by Gasteiger charge is -1.94. The van der Waals surface area contributed by atoms with Gasteiger partial charge in [-0.15, -0.1) is 6.42 Å². The van der Waals surface area contributed by atoms with Crippen LogP contribution in [-0.2, 0) is 4.74 Å². The molecule has 0 aromatic heterocycles. The standard InChI is InChI=1S/C8H12O/c1-3-5-7-9-8-6-4-2/h1,5,7H,4,6,8H2,2H3. The lowest BCUT2D eigenvalue weighted by molar-refractivity contribution is 0.244. The summed E-state index contributed by atoms with van der Waals surface area (Å²) in [6.45, 7) is 2.89. The molecule has 0 amide bonds. The Morgan fingerprint density at radius 2 is 2.44 bits per heavy atom. The van der Waals surface area contributed by atoms with Gasteiger partial charge in [-0.3, -0.25) is 0 Å². The summed E-state index contributed by atoms with van der Waals surface area (Å²) >= 11 is 0. The monoisotopic (exact) mass is 124 g/mol. The van der Waals surface area contributed by atoms with E-state index in [4.69, 9.17) is 11.2 Å². The highest BCUT2D eigenvalue weighted by Gasteiger charge is 1.77. The second kappa shape index (κ2) is 7.10. The van der Waals surface area contributed by atoms with Gasteiger partial charge >= 0.3 is 0 Å². The molecule has 0 unspecified atom stereocenters. The molecule has 50 valence electrons. The van der Waals surface area contributed by atoms with E-state index < -0.39 is 0 Å². The van der Waals surface area contributed by atoms with Gasteiger partial charge in [0.05, 0.1) is 12.9 Å². The van der Waals surface area contributed by atoms with Crippen LogP contribution in [0.5, 0.6) is 0 Å². The Labute approximate surface area is 56.7 Å². The summed E-state index contributed by atoms with van der Waals surface area (Å²) in [5, 5.41) is 0. The summed E-state index contributed by atoms with van der Waals surface area (Å²) in [4.78, 5) is 0. The average Bonchev–Trinajstić information content (AvgIpc) is 1.89. The van der Waals surface area contributed by atoms with Crippen LogP contribution >= 0.6 is 0 Å². The third-order valence-electron chi connectivity index (χ3n) is 0.876. The normalized spacial score (nSPS) is 9.33. The lowest BCUT2D eigenvalue weighted by atomic mass is 10.4. The molecule has 0 aromatic rings. The number of unbranched alkanes of at least 4 members (excludes halogenated alkanes) is 1. The number of ether oxygens (including phenoxy) is 1. The van der Waals surface area contributed by atoms with Crippen molar-refractivity contribution in [2.45, 2.75) is 19.8 Å². The van der Waals surface area contributed by atoms with Gasteiger partial charge in [0.1, 0.15) is 0 Å². The molecule has 0 bridgehead atoms. The van der Waals surface area contributed by atoms with Crippen molar-refractivity contribution in [3.63, 3.8) is 0 Å². The highest BCUT2D eigenvalue weighted by atomic mass is 16.5. The van der Waals surface area contributed by atoms with Gasteiger partial charge in [-0.2, -0.15) is 0 Å². The zero-order valence-electron chi connectivity index (χ0n) is 5.76. The van der Waals surface area contributed by atoms with Gasteiger partial charge < -0.3 is 4.74 Å². The maximum atomic E-state index is 4.99. The second-order valence-electron chi connectivity index (χ2n) is 1.69. The first kappa shape index (κ1) is 8.10. The molecule has 0 radical (unpaired) electrons. The molecule has 0 aliphatic heterocycles. The molecule has 0 N–H and O–H groups in total. The van der Waals surface area contributed by atoms with E-state index in [9.17, 15) is 0 Å². The fraction of sp³-hybridized carbons (Fsp3) is 0.500. The predicted molar refractivity (Wildman–Crippen MR) is 38.8 cm³/mol. The van der Waals surface area contributed by atoms with E-state index >= 15 is 0 Å². The third-order valence-corrected chi connectivity index (χ3v) is 0.876. The maximum absolute atomic E-state index is 4.99. The molecule has 0 rings (SSSR count). The summed E-state index contributed by atoms with van der Waals surface area (Å²) in [5.41, 5.74) is 0. The van der Waals surface area contributed by atoms with E-state index in [-0.39, 0.29) is 0 Å². The SMILES string of the molecule is C#CC=COCCCC. The molecule has 0 aliphatic carbocycles. The first-order valence-corrected chi connectivity index (χ1v) is 3.14. The minimum atomic E-state index is 0.772. The Bertz CT molecular complexity index is 108. The smallest absolute Gasteiger partial charge is 0.0912 e. The Balaban J connectivity index is 2.93. The molecule has 0 spiro atoms. The molecule has 1 heteroatoms. The fourth-order valence-electron chi connectivity index (χ4n) is 0.383. The van der Waals surface area contributed by atoms with Crippen LogP contribution < -0.4 is 0 Å². The summed E-state index contributed by atoms with van der Waals surface area (Å²) in [6, 6.07) is 0. The molecule has 0 atom stereocenters. The molecule has 1 nitrogen and oxygen atoms in total. The van der Waals surface area contributed by atoms with Gasteiger partial charge in [-0.25, -0.2) is 0 Å². The van der Waals surface area contributed by atoms with E-state index in [0.29, 0.717) is 0 Å². The van der Waals surface area contributed by atoms with Gasteiger partial charge in [-0.1, -0.05) is 19.3 Å². The predicted octanol–water partition coefficient (Wildman–Crippen LogP) is 1.95. The van der Waals surface area contributed by atoms with Gasteiger partial charge in [0.15, 0.2) is 0 Å². The first-order chi connectivity index (χ1) is 4.41. The average molecular weight is 124 g/mol. The Kier molecular flexibility index (Phi) is 6.39. The van der Waals surface area contributed by atoms with Crippen molar-refractivity contribution in [2.24, 2.45) is 0 Å². The van der Waals surface area contributed by atoms with Crippen LogP contribution in [0.2, 0.25) is 0 Å². The molecule has 0 fully saturated rings. The molecular formula is C8H12O. The van der Waals surface area contributed by atoms with E-state index in [0.717, 1.165) is 19.4 Å². The van der Waals surface area contributed by atoms with Crippen LogP contribution in [-0.4, -0.2) is 6.61 Å². The Hall–Kier alpha value is -0.900. The van der Waals surface area contributed by atoms with Crippen molar-refractivity contribution >= 4 is 0 Å². The molecule has 0 heterocycles. The highest BCUT2D eigenvalue weighted by Crippen LogP contribution is 1.87. The number of hydrogen-bond acceptors (Lipinski definition) is 1. The van der Waals surface area contributed by atoms with Crippen LogP contribution in [0, 0.1) is 12.3 Å². The lowest BCUT2D eigenvalue weighted by Crippen LogP contribution is -1.84. The largest absolute Gasteiger partial charge is 0.501 e. The van der Waals surface area contributed by atoms with E-state index in [2.05, 4.69) is 12.8 Å². The van der Waals surface area contributed by atoms with Gasteiger partial charge in [0, 0.05) is 6.08 Å². The van der Waals surface area contributed by atoms with E-state index in [1.807, 2.05) is 0 Å². The summed E-state index contributed by atoms with van der Waals surface area (Å²) in [7, 11) is 0. The van der Waals surface area contributed by atoms with Crippen LogP contribution in [0.1, 0.15) is 19.8 Å². The maximum Gasteiger partial charge on any atom is 0.0912 e. The van der Waals surface area contributed by atoms with E-state index in [1.165, 1.54) is 0 Å².